The smallest absolute Gasteiger partial charge is 0.337 e. The molecular formula is C31H30ClN3O3S. The molecule has 0 radical (unpaired) electrons. The summed E-state index contributed by atoms with van der Waals surface area (Å²) in [4.78, 5) is 17.6. The maximum atomic E-state index is 12.6. The Bertz CT molecular complexity index is 1700. The molecule has 6 nitrogen and oxygen atoms in total. The lowest BCUT2D eigenvalue weighted by molar-refractivity contribution is -0.160. The molecule has 0 aliphatic carbocycles. The first-order valence-corrected chi connectivity index (χ1v) is 13.9. The number of aliphatic carboxylic acids is 1. The van der Waals surface area contributed by atoms with Gasteiger partial charge in [0.1, 0.15) is 5.01 Å². The van der Waals surface area contributed by atoms with Gasteiger partial charge in [-0.2, -0.15) is 5.10 Å². The normalized spacial score (nSPS) is 12.7. The lowest BCUT2D eigenvalue weighted by Gasteiger charge is -2.28. The molecule has 0 aliphatic rings. The molecule has 0 saturated heterocycles. The Labute approximate surface area is 236 Å². The Morgan fingerprint density at radius 1 is 1.03 bits per heavy atom. The number of hydrogen-bond acceptors (Lipinski definition) is 5. The lowest BCUT2D eigenvalue weighted by Crippen LogP contribution is -2.28. The fourth-order valence-electron chi connectivity index (χ4n) is 4.82. The molecule has 39 heavy (non-hydrogen) atoms. The van der Waals surface area contributed by atoms with E-state index in [1.54, 1.807) is 0 Å². The number of carbonyl (C=O) groups is 1. The number of benzene rings is 3. The van der Waals surface area contributed by atoms with Crippen LogP contribution < -0.4 is 0 Å². The Kier molecular flexibility index (Phi) is 7.10. The second-order valence-corrected chi connectivity index (χ2v) is 12.1. The second-order valence-electron chi connectivity index (χ2n) is 10.7. The van der Waals surface area contributed by atoms with E-state index >= 15 is 0 Å². The first kappa shape index (κ1) is 27.1. The van der Waals surface area contributed by atoms with Crippen LogP contribution in [0.15, 0.2) is 60.7 Å². The van der Waals surface area contributed by atoms with E-state index in [-0.39, 0.29) is 0 Å². The Balaban J connectivity index is 1.74. The maximum Gasteiger partial charge on any atom is 0.337 e. The van der Waals surface area contributed by atoms with Crippen LogP contribution in [0.25, 0.3) is 37.6 Å². The van der Waals surface area contributed by atoms with E-state index in [0.29, 0.717) is 10.6 Å². The number of hydrogen-bond donors (Lipinski definition) is 1. The zero-order chi connectivity index (χ0) is 28.1. The minimum absolute atomic E-state index is 0.607. The molecular weight excluding hydrogens is 530 g/mol. The third kappa shape index (κ3) is 5.48. The highest BCUT2D eigenvalue weighted by atomic mass is 35.5. The van der Waals surface area contributed by atoms with Gasteiger partial charge >= 0.3 is 5.97 Å². The van der Waals surface area contributed by atoms with Crippen LogP contribution in [0.3, 0.4) is 0 Å². The van der Waals surface area contributed by atoms with Gasteiger partial charge in [-0.15, -0.1) is 11.3 Å². The van der Waals surface area contributed by atoms with Gasteiger partial charge in [-0.25, -0.2) is 14.5 Å². The summed E-state index contributed by atoms with van der Waals surface area (Å²) < 4.78 is 8.94. The average molecular weight is 560 g/mol. The van der Waals surface area contributed by atoms with E-state index in [1.165, 1.54) is 11.3 Å². The van der Waals surface area contributed by atoms with E-state index in [9.17, 15) is 9.90 Å². The van der Waals surface area contributed by atoms with Crippen molar-refractivity contribution in [2.75, 3.05) is 0 Å². The van der Waals surface area contributed by atoms with Crippen LogP contribution in [0, 0.1) is 20.8 Å². The van der Waals surface area contributed by atoms with Crippen molar-refractivity contribution in [3.05, 3.63) is 88.2 Å². The van der Waals surface area contributed by atoms with E-state index in [4.69, 9.17) is 21.3 Å². The van der Waals surface area contributed by atoms with Crippen molar-refractivity contribution in [3.8, 4) is 27.4 Å². The minimum atomic E-state index is -1.15. The number of aromatic nitrogens is 3. The molecule has 0 saturated carbocycles. The summed E-state index contributed by atoms with van der Waals surface area (Å²) in [5.41, 5.74) is 7.16. The van der Waals surface area contributed by atoms with Crippen molar-refractivity contribution < 1.29 is 14.6 Å². The number of rotatable bonds is 6. The third-order valence-electron chi connectivity index (χ3n) is 6.37. The van der Waals surface area contributed by atoms with Crippen molar-refractivity contribution in [3.63, 3.8) is 0 Å². The first-order chi connectivity index (χ1) is 18.4. The molecule has 1 N–H and O–H groups in total. The maximum absolute atomic E-state index is 12.6. The van der Waals surface area contributed by atoms with Gasteiger partial charge in [0.25, 0.3) is 0 Å². The summed E-state index contributed by atoms with van der Waals surface area (Å²) >= 11 is 7.75. The van der Waals surface area contributed by atoms with Crippen molar-refractivity contribution >= 4 is 39.1 Å². The number of carboxylic acid groups (broad SMARTS) is 1. The fourth-order valence-corrected chi connectivity index (χ4v) is 6.07. The van der Waals surface area contributed by atoms with Crippen LogP contribution in [0.2, 0.25) is 5.02 Å². The molecule has 0 spiro atoms. The fraction of sp³-hybridized carbons (Fsp3) is 0.258. The van der Waals surface area contributed by atoms with E-state index in [2.05, 4.69) is 11.2 Å². The van der Waals surface area contributed by atoms with Crippen molar-refractivity contribution in [1.29, 1.82) is 0 Å². The summed E-state index contributed by atoms with van der Waals surface area (Å²) in [6.07, 6.45) is -1.15. The third-order valence-corrected chi connectivity index (χ3v) is 7.76. The van der Waals surface area contributed by atoms with Crippen LogP contribution in [-0.4, -0.2) is 31.4 Å². The number of thiazole rings is 1. The molecule has 0 bridgehead atoms. The Morgan fingerprint density at radius 3 is 2.36 bits per heavy atom. The van der Waals surface area contributed by atoms with Gasteiger partial charge in [-0.05, 0) is 89.1 Å². The number of ether oxygens (including phenoxy) is 1. The summed E-state index contributed by atoms with van der Waals surface area (Å²) in [5, 5.41) is 16.4. The van der Waals surface area contributed by atoms with Crippen molar-refractivity contribution in [1.82, 2.24) is 14.8 Å². The number of nitrogens with zero attached hydrogens (tertiary/aromatic N) is 3. The van der Waals surface area contributed by atoms with E-state index < -0.39 is 17.7 Å². The van der Waals surface area contributed by atoms with Gasteiger partial charge in [0.05, 0.1) is 27.2 Å². The molecule has 1 unspecified atom stereocenters. The van der Waals surface area contributed by atoms with E-state index in [0.717, 1.165) is 54.6 Å². The van der Waals surface area contributed by atoms with Crippen LogP contribution in [0.4, 0.5) is 0 Å². The van der Waals surface area contributed by atoms with Crippen molar-refractivity contribution in [2.45, 2.75) is 53.2 Å². The highest BCUT2D eigenvalue weighted by Crippen LogP contribution is 2.44. The van der Waals surface area contributed by atoms with Gasteiger partial charge in [-0.1, -0.05) is 35.9 Å². The van der Waals surface area contributed by atoms with Crippen molar-refractivity contribution in [2.24, 2.45) is 0 Å². The Morgan fingerprint density at radius 2 is 1.74 bits per heavy atom. The largest absolute Gasteiger partial charge is 0.479 e. The molecule has 8 heteroatoms. The quantitative estimate of drug-likeness (QED) is 0.226. The zero-order valence-electron chi connectivity index (χ0n) is 22.7. The Hall–Kier alpha value is -3.52. The van der Waals surface area contributed by atoms with Crippen LogP contribution in [0.5, 0.6) is 0 Å². The molecule has 5 aromatic rings. The minimum Gasteiger partial charge on any atom is -0.479 e. The molecule has 2 aromatic heterocycles. The molecule has 0 aliphatic heterocycles. The molecule has 2 heterocycles. The number of aryl methyl sites for hydroxylation is 3. The van der Waals surface area contributed by atoms with Gasteiger partial charge in [0.15, 0.2) is 6.10 Å². The summed E-state index contributed by atoms with van der Waals surface area (Å²) in [7, 11) is 0. The second kappa shape index (κ2) is 10.2. The molecule has 5 rings (SSSR count). The summed E-state index contributed by atoms with van der Waals surface area (Å²) in [6.45, 7) is 11.5. The van der Waals surface area contributed by atoms with Gasteiger partial charge in [0.2, 0.25) is 0 Å². The van der Waals surface area contributed by atoms with Gasteiger partial charge in [-0.3, -0.25) is 0 Å². The highest BCUT2D eigenvalue weighted by Gasteiger charge is 2.32. The molecule has 0 fully saturated rings. The van der Waals surface area contributed by atoms with Crippen LogP contribution >= 0.6 is 22.9 Å². The molecule has 3 aromatic carbocycles. The monoisotopic (exact) mass is 559 g/mol. The standard InChI is InChI=1S/C31H30ClN3O3S/c1-17-14-24-28(39-29(33-24)21-8-7-9-23(16-21)35-19(3)15-18(2)34-35)26(20-10-12-22(32)13-11-20)25(17)27(30(36)37)38-31(4,5)6/h7-16,27H,1-6H3,(H,36,37). The summed E-state index contributed by atoms with van der Waals surface area (Å²) in [6, 6.07) is 19.6. The predicted molar refractivity (Wildman–Crippen MR) is 158 cm³/mol. The molecule has 200 valence electrons. The van der Waals surface area contributed by atoms with E-state index in [1.807, 2.05) is 101 Å². The van der Waals surface area contributed by atoms with Gasteiger partial charge < -0.3 is 9.84 Å². The van der Waals surface area contributed by atoms with Gasteiger partial charge in [0, 0.05) is 27.4 Å². The molecule has 1 atom stereocenters. The topological polar surface area (TPSA) is 77.2 Å². The average Bonchev–Trinajstić information content (AvgIpc) is 3.44. The van der Waals surface area contributed by atoms with Crippen LogP contribution in [0.1, 0.15) is 49.4 Å². The highest BCUT2D eigenvalue weighted by molar-refractivity contribution is 7.22. The first-order valence-electron chi connectivity index (χ1n) is 12.7. The summed E-state index contributed by atoms with van der Waals surface area (Å²) in [5.74, 6) is -1.04. The number of carboxylic acids is 1. The molecule has 0 amide bonds. The van der Waals surface area contributed by atoms with Crippen LogP contribution in [-0.2, 0) is 9.53 Å². The zero-order valence-corrected chi connectivity index (χ0v) is 24.3. The predicted octanol–water partition coefficient (Wildman–Crippen LogP) is 8.34. The number of fused-ring (bicyclic) bond motifs is 1. The lowest BCUT2D eigenvalue weighted by atomic mass is 9.91. The number of halogens is 1. The SMILES string of the molecule is Cc1cc(C)n(-c2cccc(-c3nc4cc(C)c(C(OC(C)(C)C)C(=O)O)c(-c5ccc(Cl)cc5)c4s3)c2)n1.